The fraction of sp³-hybridized carbons (Fsp3) is 0.650. The lowest BCUT2D eigenvalue weighted by molar-refractivity contribution is -0.322. The highest BCUT2D eigenvalue weighted by Crippen LogP contribution is 2.50. The Labute approximate surface area is 156 Å². The molecule has 1 saturated carbocycles. The summed E-state index contributed by atoms with van der Waals surface area (Å²) < 4.78 is 0. The molecule has 140 valence electrons. The quantitative estimate of drug-likeness (QED) is 0.867. The van der Waals surface area contributed by atoms with Gasteiger partial charge in [-0.2, -0.15) is 0 Å². The molecule has 1 saturated heterocycles. The van der Waals surface area contributed by atoms with Crippen molar-refractivity contribution in [2.24, 2.45) is 5.92 Å². The zero-order chi connectivity index (χ0) is 17.2. The largest absolute Gasteiger partial charge is 0.549 e. The highest BCUT2D eigenvalue weighted by molar-refractivity contribution is 5.85. The highest BCUT2D eigenvalue weighted by atomic mass is 35.5. The van der Waals surface area contributed by atoms with Gasteiger partial charge in [0.25, 0.3) is 0 Å². The smallest absolute Gasteiger partial charge is 0.0796 e. The number of likely N-dealkylation sites (tertiary alicyclic amines) is 1. The first kappa shape index (κ1) is 20.2. The monoisotopic (exact) mass is 366 g/mol. The van der Waals surface area contributed by atoms with E-state index in [1.165, 1.54) is 0 Å². The Hall–Kier alpha value is -1.10. The maximum absolute atomic E-state index is 12.5. The van der Waals surface area contributed by atoms with Crippen molar-refractivity contribution in [2.75, 3.05) is 20.1 Å². The molecule has 5 heteroatoms. The van der Waals surface area contributed by atoms with E-state index in [-0.39, 0.29) is 18.3 Å². The van der Waals surface area contributed by atoms with E-state index in [1.807, 2.05) is 30.3 Å². The summed E-state index contributed by atoms with van der Waals surface area (Å²) in [6.07, 6.45) is 5.39. The molecule has 0 bridgehead atoms. The minimum absolute atomic E-state index is 0. The van der Waals surface area contributed by atoms with Crippen LogP contribution in [0.25, 0.3) is 0 Å². The van der Waals surface area contributed by atoms with Gasteiger partial charge >= 0.3 is 0 Å². The Bertz CT molecular complexity index is 574. The van der Waals surface area contributed by atoms with E-state index in [1.54, 1.807) is 0 Å². The highest BCUT2D eigenvalue weighted by Gasteiger charge is 2.54. The van der Waals surface area contributed by atoms with Gasteiger partial charge in [-0.25, -0.2) is 0 Å². The number of piperidine rings is 1. The van der Waals surface area contributed by atoms with Crippen molar-refractivity contribution in [3.8, 4) is 0 Å². The first-order chi connectivity index (χ1) is 11.5. The average molecular weight is 367 g/mol. The summed E-state index contributed by atoms with van der Waals surface area (Å²) in [7, 11) is 2.08. The standard InChI is InChI=1S/C20H29NO3.ClH/c1-21-13-7-8-16(15-21)14-20(18(22)23,17-9-3-2-4-10-17)19(24)11-5-6-12-19;/h2-4,9-10,16,24H,5-8,11-15H2,1H3,(H,22,23);1H/p-1. The van der Waals surface area contributed by atoms with E-state index in [9.17, 15) is 15.0 Å². The molecule has 0 radical (unpaired) electrons. The van der Waals surface area contributed by atoms with Gasteiger partial charge < -0.3 is 19.9 Å². The zero-order valence-electron chi connectivity index (χ0n) is 14.9. The van der Waals surface area contributed by atoms with E-state index in [0.29, 0.717) is 24.8 Å². The third kappa shape index (κ3) is 3.71. The molecule has 2 atom stereocenters. The molecule has 25 heavy (non-hydrogen) atoms. The molecular formula is C20H29ClNO3-. The second kappa shape index (κ2) is 8.07. The van der Waals surface area contributed by atoms with Crippen LogP contribution in [0.1, 0.15) is 50.5 Å². The number of nitrogens with zero attached hydrogens (tertiary/aromatic N) is 1. The number of rotatable bonds is 5. The third-order valence-electron chi connectivity index (χ3n) is 6.16. The van der Waals surface area contributed by atoms with Crippen LogP contribution in [0.4, 0.5) is 0 Å². The maximum Gasteiger partial charge on any atom is 0.0796 e. The maximum atomic E-state index is 12.5. The van der Waals surface area contributed by atoms with E-state index < -0.39 is 17.0 Å². The van der Waals surface area contributed by atoms with Crippen LogP contribution in [0.5, 0.6) is 0 Å². The summed E-state index contributed by atoms with van der Waals surface area (Å²) in [6.45, 7) is 1.95. The zero-order valence-corrected chi connectivity index (χ0v) is 15.8. The SMILES string of the molecule is CN1CCCC(CC(C(=O)[O-])(c2ccccc2)C2(O)CCCC2)C1.Cl. The second-order valence-electron chi connectivity index (χ2n) is 7.77. The van der Waals surface area contributed by atoms with Crippen LogP contribution >= 0.6 is 12.4 Å². The number of aliphatic carboxylic acids is 1. The summed E-state index contributed by atoms with van der Waals surface area (Å²) >= 11 is 0. The number of carboxylic acids is 1. The van der Waals surface area contributed by atoms with Crippen molar-refractivity contribution in [1.82, 2.24) is 4.90 Å². The molecule has 0 aromatic heterocycles. The van der Waals surface area contributed by atoms with Crippen LogP contribution in [0.15, 0.2) is 30.3 Å². The molecule has 2 unspecified atom stereocenters. The van der Waals surface area contributed by atoms with Crippen LogP contribution in [-0.4, -0.2) is 41.7 Å². The summed E-state index contributed by atoms with van der Waals surface area (Å²) in [5.41, 5.74) is -1.82. The van der Waals surface area contributed by atoms with Crippen molar-refractivity contribution >= 4 is 18.4 Å². The van der Waals surface area contributed by atoms with E-state index in [4.69, 9.17) is 0 Å². The lowest BCUT2D eigenvalue weighted by atomic mass is 9.61. The Morgan fingerprint density at radius 2 is 1.92 bits per heavy atom. The molecule has 0 amide bonds. The van der Waals surface area contributed by atoms with Crippen molar-refractivity contribution in [3.63, 3.8) is 0 Å². The molecule has 1 heterocycles. The number of halogens is 1. The predicted molar refractivity (Wildman–Crippen MR) is 98.6 cm³/mol. The predicted octanol–water partition coefficient (Wildman–Crippen LogP) is 2.13. The molecule has 1 aliphatic carbocycles. The molecular weight excluding hydrogens is 338 g/mol. The van der Waals surface area contributed by atoms with Crippen molar-refractivity contribution < 1.29 is 15.0 Å². The summed E-state index contributed by atoms with van der Waals surface area (Å²) in [5, 5.41) is 23.9. The fourth-order valence-corrected chi connectivity index (χ4v) is 4.95. The Morgan fingerprint density at radius 3 is 2.48 bits per heavy atom. The van der Waals surface area contributed by atoms with Crippen LogP contribution in [0, 0.1) is 5.92 Å². The lowest BCUT2D eigenvalue weighted by Crippen LogP contribution is -2.61. The van der Waals surface area contributed by atoms with Gasteiger partial charge in [-0.05, 0) is 57.2 Å². The number of aliphatic hydroxyl groups is 1. The number of hydrogen-bond donors (Lipinski definition) is 1. The molecule has 1 aliphatic heterocycles. The van der Waals surface area contributed by atoms with Crippen molar-refractivity contribution in [2.45, 2.75) is 56.0 Å². The summed E-state index contributed by atoms with van der Waals surface area (Å²) in [5.74, 6) is -0.849. The Balaban J connectivity index is 0.00000225. The van der Waals surface area contributed by atoms with Gasteiger partial charge in [0.05, 0.1) is 17.0 Å². The molecule has 1 aromatic carbocycles. The fourth-order valence-electron chi connectivity index (χ4n) is 4.95. The van der Waals surface area contributed by atoms with Gasteiger partial charge in [0.15, 0.2) is 0 Å². The molecule has 3 rings (SSSR count). The average Bonchev–Trinajstić information content (AvgIpc) is 3.01. The number of carboxylic acid groups (broad SMARTS) is 1. The summed E-state index contributed by atoms with van der Waals surface area (Å²) in [4.78, 5) is 14.7. The normalized spacial score (nSPS) is 25.8. The Morgan fingerprint density at radius 1 is 1.28 bits per heavy atom. The molecule has 4 nitrogen and oxygen atoms in total. The van der Waals surface area contributed by atoms with Crippen LogP contribution in [-0.2, 0) is 10.2 Å². The van der Waals surface area contributed by atoms with Gasteiger partial charge in [-0.3, -0.25) is 0 Å². The van der Waals surface area contributed by atoms with Crippen molar-refractivity contribution in [3.05, 3.63) is 35.9 Å². The molecule has 1 N–H and O–H groups in total. The molecule has 1 aromatic rings. The number of benzene rings is 1. The van der Waals surface area contributed by atoms with Gasteiger partial charge in [-0.15, -0.1) is 12.4 Å². The van der Waals surface area contributed by atoms with Crippen molar-refractivity contribution in [1.29, 1.82) is 0 Å². The minimum atomic E-state index is -1.31. The molecule has 2 aliphatic rings. The first-order valence-electron chi connectivity index (χ1n) is 9.16. The number of hydrogen-bond acceptors (Lipinski definition) is 4. The Kier molecular flexibility index (Phi) is 6.52. The second-order valence-corrected chi connectivity index (χ2v) is 7.77. The van der Waals surface area contributed by atoms with Gasteiger partial charge in [0, 0.05) is 6.54 Å². The molecule has 2 fully saturated rings. The third-order valence-corrected chi connectivity index (χ3v) is 6.16. The topological polar surface area (TPSA) is 63.6 Å². The van der Waals surface area contributed by atoms with Crippen LogP contribution in [0.3, 0.4) is 0 Å². The number of carbonyl (C=O) groups is 1. The molecule has 0 spiro atoms. The van der Waals surface area contributed by atoms with Crippen LogP contribution < -0.4 is 5.11 Å². The summed E-state index contributed by atoms with van der Waals surface area (Å²) in [6, 6.07) is 9.30. The van der Waals surface area contributed by atoms with Gasteiger partial charge in [-0.1, -0.05) is 43.2 Å². The lowest BCUT2D eigenvalue weighted by Gasteiger charge is -2.49. The van der Waals surface area contributed by atoms with E-state index >= 15 is 0 Å². The minimum Gasteiger partial charge on any atom is -0.549 e. The first-order valence-corrected chi connectivity index (χ1v) is 9.16. The van der Waals surface area contributed by atoms with Gasteiger partial charge in [0.2, 0.25) is 0 Å². The van der Waals surface area contributed by atoms with E-state index in [0.717, 1.165) is 38.8 Å². The van der Waals surface area contributed by atoms with E-state index in [2.05, 4.69) is 11.9 Å². The number of carbonyl (C=O) groups excluding carboxylic acids is 1. The van der Waals surface area contributed by atoms with Crippen LogP contribution in [0.2, 0.25) is 0 Å². The van der Waals surface area contributed by atoms with Gasteiger partial charge in [0.1, 0.15) is 0 Å².